The summed E-state index contributed by atoms with van der Waals surface area (Å²) < 4.78 is 43.4. The number of nitrogens with one attached hydrogen (secondary N) is 1. The quantitative estimate of drug-likeness (QED) is 0.741. The van der Waals surface area contributed by atoms with Crippen LogP contribution in [0.2, 0.25) is 0 Å². The van der Waals surface area contributed by atoms with Crippen LogP contribution in [0.15, 0.2) is 41.7 Å². The molecule has 136 valence electrons. The van der Waals surface area contributed by atoms with Gasteiger partial charge in [-0.15, -0.1) is 0 Å². The third kappa shape index (κ3) is 3.36. The molecule has 0 unspecified atom stereocenters. The molecule has 0 aliphatic rings. The number of nitrogens with zero attached hydrogens (tertiary/aromatic N) is 4. The topological polar surface area (TPSA) is 98.9 Å². The van der Waals surface area contributed by atoms with E-state index in [1.54, 1.807) is 25.0 Å². The Morgan fingerprint density at radius 2 is 1.92 bits per heavy atom. The summed E-state index contributed by atoms with van der Waals surface area (Å²) in [6, 6.07) is 3.35. The van der Waals surface area contributed by atoms with Crippen LogP contribution in [0.3, 0.4) is 0 Å². The molecule has 3 aromatic rings. The first-order chi connectivity index (χ1) is 12.2. The molecule has 0 aliphatic carbocycles. The van der Waals surface area contributed by atoms with Gasteiger partial charge in [-0.3, -0.25) is 14.2 Å². The number of halogens is 1. The Morgan fingerprint density at radius 3 is 2.58 bits per heavy atom. The van der Waals surface area contributed by atoms with Gasteiger partial charge in [-0.25, -0.2) is 17.5 Å². The smallest absolute Gasteiger partial charge is 0.268 e. The van der Waals surface area contributed by atoms with Crippen molar-refractivity contribution in [3.8, 4) is 11.3 Å². The van der Waals surface area contributed by atoms with Crippen molar-refractivity contribution in [3.63, 3.8) is 0 Å². The van der Waals surface area contributed by atoms with E-state index >= 15 is 0 Å². The predicted octanol–water partition coefficient (Wildman–Crippen LogP) is 1.39. The summed E-state index contributed by atoms with van der Waals surface area (Å²) in [5.74, 6) is -1.57. The highest BCUT2D eigenvalue weighted by molar-refractivity contribution is 7.90. The molecule has 0 radical (unpaired) electrons. The van der Waals surface area contributed by atoms with Crippen LogP contribution in [0.5, 0.6) is 0 Å². The SMILES string of the molecule is Cc1ccc(F)cc1S(=O)(=O)NC(=O)c1cn(C)nc1-c1cnn(C)c1. The molecule has 10 heteroatoms. The Labute approximate surface area is 149 Å². The second-order valence-electron chi connectivity index (χ2n) is 5.81. The van der Waals surface area contributed by atoms with E-state index in [0.717, 1.165) is 12.1 Å². The minimum atomic E-state index is -4.24. The van der Waals surface area contributed by atoms with Crippen molar-refractivity contribution < 1.29 is 17.6 Å². The maximum Gasteiger partial charge on any atom is 0.268 e. The maximum absolute atomic E-state index is 13.4. The number of rotatable bonds is 4. The number of carbonyl (C=O) groups is 1. The van der Waals surface area contributed by atoms with Crippen molar-refractivity contribution in [2.24, 2.45) is 14.1 Å². The predicted molar refractivity (Wildman–Crippen MR) is 91.2 cm³/mol. The van der Waals surface area contributed by atoms with Gasteiger partial charge in [0.2, 0.25) is 0 Å². The minimum absolute atomic E-state index is 0.0677. The molecule has 1 N–H and O–H groups in total. The zero-order chi connectivity index (χ0) is 19.1. The van der Waals surface area contributed by atoms with Crippen LogP contribution < -0.4 is 4.72 Å². The first-order valence-corrected chi connectivity index (χ1v) is 9.01. The van der Waals surface area contributed by atoms with Gasteiger partial charge in [0.05, 0.1) is 16.7 Å². The number of benzene rings is 1. The lowest BCUT2D eigenvalue weighted by molar-refractivity contribution is 0.0982. The zero-order valence-electron chi connectivity index (χ0n) is 14.3. The fraction of sp³-hybridized carbons (Fsp3) is 0.188. The van der Waals surface area contributed by atoms with Gasteiger partial charge in [-0.05, 0) is 24.6 Å². The Hall–Kier alpha value is -3.01. The van der Waals surface area contributed by atoms with E-state index in [1.807, 2.05) is 4.72 Å². The highest BCUT2D eigenvalue weighted by Crippen LogP contribution is 2.22. The second kappa shape index (κ2) is 6.37. The lowest BCUT2D eigenvalue weighted by atomic mass is 10.1. The Balaban J connectivity index is 1.97. The Kier molecular flexibility index (Phi) is 4.36. The standard InChI is InChI=1S/C16H16FN5O3S/c1-10-4-5-12(17)6-14(10)26(24,25)20-16(23)13-9-22(3)19-15(13)11-7-18-21(2)8-11/h4-9H,1-3H3,(H,20,23). The molecule has 3 rings (SSSR count). The average Bonchev–Trinajstić information content (AvgIpc) is 3.15. The van der Waals surface area contributed by atoms with E-state index in [9.17, 15) is 17.6 Å². The number of aromatic nitrogens is 4. The third-order valence-corrected chi connectivity index (χ3v) is 5.19. The fourth-order valence-corrected chi connectivity index (χ4v) is 3.73. The van der Waals surface area contributed by atoms with Gasteiger partial charge < -0.3 is 0 Å². The molecule has 0 fully saturated rings. The van der Waals surface area contributed by atoms with Crippen LogP contribution >= 0.6 is 0 Å². The summed E-state index contributed by atoms with van der Waals surface area (Å²) in [5.41, 5.74) is 1.25. The summed E-state index contributed by atoms with van der Waals surface area (Å²) in [6.07, 6.45) is 4.58. The number of sulfonamides is 1. The van der Waals surface area contributed by atoms with Gasteiger partial charge in [0, 0.05) is 32.1 Å². The summed E-state index contributed by atoms with van der Waals surface area (Å²) >= 11 is 0. The molecule has 0 bridgehead atoms. The molecule has 1 aromatic carbocycles. The molecule has 2 heterocycles. The van der Waals surface area contributed by atoms with Crippen LogP contribution in [0.25, 0.3) is 11.3 Å². The molecular weight excluding hydrogens is 361 g/mol. The highest BCUT2D eigenvalue weighted by Gasteiger charge is 2.25. The number of hydrogen-bond donors (Lipinski definition) is 1. The molecule has 0 spiro atoms. The van der Waals surface area contributed by atoms with Gasteiger partial charge in [0.25, 0.3) is 15.9 Å². The van der Waals surface area contributed by atoms with Gasteiger partial charge >= 0.3 is 0 Å². The van der Waals surface area contributed by atoms with Crippen molar-refractivity contribution in [3.05, 3.63) is 53.7 Å². The molecule has 1 amide bonds. The molecular formula is C16H16FN5O3S. The summed E-state index contributed by atoms with van der Waals surface area (Å²) in [4.78, 5) is 12.3. The summed E-state index contributed by atoms with van der Waals surface area (Å²) in [7, 11) is -0.918. The van der Waals surface area contributed by atoms with E-state index in [2.05, 4.69) is 10.2 Å². The normalized spacial score (nSPS) is 11.5. The first-order valence-electron chi connectivity index (χ1n) is 7.53. The number of amides is 1. The van der Waals surface area contributed by atoms with Gasteiger partial charge in [0.15, 0.2) is 0 Å². The monoisotopic (exact) mass is 377 g/mol. The molecule has 0 saturated carbocycles. The number of aryl methyl sites for hydroxylation is 3. The van der Waals surface area contributed by atoms with E-state index in [1.165, 1.54) is 30.1 Å². The van der Waals surface area contributed by atoms with Crippen molar-refractivity contribution in [1.82, 2.24) is 24.3 Å². The molecule has 2 aromatic heterocycles. The fourth-order valence-electron chi connectivity index (χ4n) is 2.51. The average molecular weight is 377 g/mol. The van der Waals surface area contributed by atoms with Crippen LogP contribution in [0, 0.1) is 12.7 Å². The molecule has 0 aliphatic heterocycles. The molecule has 0 atom stereocenters. The van der Waals surface area contributed by atoms with Crippen molar-refractivity contribution in [1.29, 1.82) is 0 Å². The third-order valence-electron chi connectivity index (χ3n) is 3.72. The van der Waals surface area contributed by atoms with Gasteiger partial charge in [0.1, 0.15) is 11.5 Å². The van der Waals surface area contributed by atoms with Gasteiger partial charge in [-0.1, -0.05) is 6.07 Å². The van der Waals surface area contributed by atoms with Crippen LogP contribution in [-0.2, 0) is 24.1 Å². The Morgan fingerprint density at radius 1 is 1.19 bits per heavy atom. The molecule has 26 heavy (non-hydrogen) atoms. The highest BCUT2D eigenvalue weighted by atomic mass is 32.2. The number of carbonyl (C=O) groups excluding carboxylic acids is 1. The van der Waals surface area contributed by atoms with Crippen molar-refractivity contribution in [2.45, 2.75) is 11.8 Å². The van der Waals surface area contributed by atoms with Gasteiger partial charge in [-0.2, -0.15) is 10.2 Å². The lowest BCUT2D eigenvalue weighted by Crippen LogP contribution is -2.31. The van der Waals surface area contributed by atoms with Crippen LogP contribution in [-0.4, -0.2) is 33.9 Å². The van der Waals surface area contributed by atoms with E-state index in [0.29, 0.717) is 16.8 Å². The molecule has 8 nitrogen and oxygen atoms in total. The lowest BCUT2D eigenvalue weighted by Gasteiger charge is -2.09. The zero-order valence-corrected chi connectivity index (χ0v) is 15.1. The largest absolute Gasteiger partial charge is 0.275 e. The van der Waals surface area contributed by atoms with E-state index in [4.69, 9.17) is 0 Å². The van der Waals surface area contributed by atoms with Crippen molar-refractivity contribution >= 4 is 15.9 Å². The molecule has 0 saturated heterocycles. The number of hydrogen-bond acceptors (Lipinski definition) is 5. The van der Waals surface area contributed by atoms with Crippen LogP contribution in [0.1, 0.15) is 15.9 Å². The maximum atomic E-state index is 13.4. The van der Waals surface area contributed by atoms with Crippen LogP contribution in [0.4, 0.5) is 4.39 Å². The summed E-state index contributed by atoms with van der Waals surface area (Å²) in [6.45, 7) is 1.52. The summed E-state index contributed by atoms with van der Waals surface area (Å²) in [5, 5.41) is 8.22. The van der Waals surface area contributed by atoms with Crippen molar-refractivity contribution in [2.75, 3.05) is 0 Å². The second-order valence-corrected chi connectivity index (χ2v) is 7.46. The minimum Gasteiger partial charge on any atom is -0.275 e. The van der Waals surface area contributed by atoms with E-state index in [-0.39, 0.29) is 10.5 Å². The first kappa shape index (κ1) is 17.8. The Bertz CT molecular complexity index is 1100. The van der Waals surface area contributed by atoms with E-state index < -0.39 is 21.7 Å².